The standard InChI is InChI=1S/C25H24N4O4S/c1-17-26-24(28-33-17)22-8-4-5-9-23(22)27-25(30)19-12-14-29(15-13-19)34(31,32)21-11-10-18-6-2-3-7-20(18)16-21/h2-11,16,19H,12-15H2,1H3,(H,27,30). The molecule has 34 heavy (non-hydrogen) atoms. The number of fused-ring (bicyclic) bond motifs is 1. The Labute approximate surface area is 197 Å². The van der Waals surface area contributed by atoms with Gasteiger partial charge in [-0.3, -0.25) is 4.79 Å². The number of anilines is 1. The first-order valence-corrected chi connectivity index (χ1v) is 12.6. The zero-order valence-electron chi connectivity index (χ0n) is 18.6. The largest absolute Gasteiger partial charge is 0.339 e. The molecule has 0 bridgehead atoms. The topological polar surface area (TPSA) is 105 Å². The molecule has 1 aliphatic rings. The van der Waals surface area contributed by atoms with Crippen molar-refractivity contribution in [3.63, 3.8) is 0 Å². The summed E-state index contributed by atoms with van der Waals surface area (Å²) in [5, 5.41) is 8.78. The number of aryl methyl sites for hydroxylation is 1. The smallest absolute Gasteiger partial charge is 0.243 e. The summed E-state index contributed by atoms with van der Waals surface area (Å²) in [5.74, 6) is 0.416. The fraction of sp³-hybridized carbons (Fsp3) is 0.240. The second-order valence-corrected chi connectivity index (χ2v) is 10.3. The Morgan fingerprint density at radius 2 is 1.71 bits per heavy atom. The van der Waals surface area contributed by atoms with Gasteiger partial charge in [0.25, 0.3) is 0 Å². The highest BCUT2D eigenvalue weighted by molar-refractivity contribution is 7.89. The van der Waals surface area contributed by atoms with E-state index < -0.39 is 10.0 Å². The van der Waals surface area contributed by atoms with Gasteiger partial charge in [-0.15, -0.1) is 0 Å². The summed E-state index contributed by atoms with van der Waals surface area (Å²) in [6, 6.07) is 20.1. The van der Waals surface area contributed by atoms with Crippen molar-refractivity contribution >= 4 is 32.4 Å². The van der Waals surface area contributed by atoms with Gasteiger partial charge in [-0.1, -0.05) is 47.6 Å². The summed E-state index contributed by atoms with van der Waals surface area (Å²) < 4.78 is 32.9. The highest BCUT2D eigenvalue weighted by Crippen LogP contribution is 2.29. The van der Waals surface area contributed by atoms with Crippen molar-refractivity contribution < 1.29 is 17.7 Å². The molecule has 1 saturated heterocycles. The van der Waals surface area contributed by atoms with Gasteiger partial charge in [-0.25, -0.2) is 8.42 Å². The number of benzene rings is 3. The van der Waals surface area contributed by atoms with Crippen LogP contribution in [0.2, 0.25) is 0 Å². The van der Waals surface area contributed by atoms with Crippen LogP contribution in [0.3, 0.4) is 0 Å². The van der Waals surface area contributed by atoms with E-state index in [0.717, 1.165) is 10.8 Å². The first-order chi connectivity index (χ1) is 16.4. The van der Waals surface area contributed by atoms with Crippen molar-refractivity contribution in [2.75, 3.05) is 18.4 Å². The monoisotopic (exact) mass is 476 g/mol. The predicted molar refractivity (Wildman–Crippen MR) is 129 cm³/mol. The lowest BCUT2D eigenvalue weighted by atomic mass is 9.97. The zero-order valence-corrected chi connectivity index (χ0v) is 19.5. The van der Waals surface area contributed by atoms with Crippen molar-refractivity contribution in [1.29, 1.82) is 0 Å². The summed E-state index contributed by atoms with van der Waals surface area (Å²) >= 11 is 0. The predicted octanol–water partition coefficient (Wildman–Crippen LogP) is 4.24. The van der Waals surface area contributed by atoms with E-state index >= 15 is 0 Å². The molecule has 0 unspecified atom stereocenters. The number of nitrogens with zero attached hydrogens (tertiary/aromatic N) is 3. The molecule has 9 heteroatoms. The maximum atomic E-state index is 13.2. The minimum Gasteiger partial charge on any atom is -0.339 e. The van der Waals surface area contributed by atoms with Gasteiger partial charge in [0, 0.05) is 31.5 Å². The summed E-state index contributed by atoms with van der Waals surface area (Å²) in [6.07, 6.45) is 0.893. The van der Waals surface area contributed by atoms with E-state index in [0.29, 0.717) is 48.9 Å². The lowest BCUT2D eigenvalue weighted by Gasteiger charge is -2.30. The molecular formula is C25H24N4O4S. The summed E-state index contributed by atoms with van der Waals surface area (Å²) in [7, 11) is -3.63. The third kappa shape index (κ3) is 4.32. The van der Waals surface area contributed by atoms with Gasteiger partial charge >= 0.3 is 0 Å². The van der Waals surface area contributed by atoms with Crippen LogP contribution in [0, 0.1) is 12.8 Å². The second-order valence-electron chi connectivity index (χ2n) is 8.36. The molecule has 5 rings (SSSR count). The quantitative estimate of drug-likeness (QED) is 0.462. The van der Waals surface area contributed by atoms with Crippen LogP contribution in [0.4, 0.5) is 5.69 Å². The Morgan fingerprint density at radius 3 is 2.44 bits per heavy atom. The number of sulfonamides is 1. The van der Waals surface area contributed by atoms with Gasteiger partial charge in [0.05, 0.1) is 10.6 Å². The van der Waals surface area contributed by atoms with E-state index in [1.807, 2.05) is 48.5 Å². The van der Waals surface area contributed by atoms with Gasteiger partial charge in [-0.05, 0) is 47.9 Å². The average Bonchev–Trinajstić information content (AvgIpc) is 3.30. The number of piperidine rings is 1. The Hall–Kier alpha value is -3.56. The van der Waals surface area contributed by atoms with Gasteiger partial charge < -0.3 is 9.84 Å². The molecule has 0 spiro atoms. The number of rotatable bonds is 5. The number of para-hydroxylation sites is 1. The highest BCUT2D eigenvalue weighted by Gasteiger charge is 2.32. The SMILES string of the molecule is Cc1nc(-c2ccccc2NC(=O)C2CCN(S(=O)(=O)c3ccc4ccccc4c3)CC2)no1. The first-order valence-electron chi connectivity index (χ1n) is 11.1. The number of carbonyl (C=O) groups excluding carboxylic acids is 1. The second kappa shape index (κ2) is 9.00. The minimum atomic E-state index is -3.63. The molecule has 1 amide bonds. The van der Waals surface area contributed by atoms with Crippen LogP contribution >= 0.6 is 0 Å². The van der Waals surface area contributed by atoms with Crippen molar-refractivity contribution in [3.8, 4) is 11.4 Å². The molecule has 174 valence electrons. The summed E-state index contributed by atoms with van der Waals surface area (Å²) in [5.41, 5.74) is 1.27. The van der Waals surface area contributed by atoms with E-state index in [4.69, 9.17) is 4.52 Å². The van der Waals surface area contributed by atoms with E-state index in [1.54, 1.807) is 25.1 Å². The Balaban J connectivity index is 1.27. The van der Waals surface area contributed by atoms with Crippen molar-refractivity contribution in [3.05, 3.63) is 72.6 Å². The van der Waals surface area contributed by atoms with Crippen LogP contribution in [0.25, 0.3) is 22.2 Å². The molecule has 1 aliphatic heterocycles. The molecule has 0 saturated carbocycles. The Bertz CT molecular complexity index is 1460. The molecule has 3 aromatic carbocycles. The van der Waals surface area contributed by atoms with Crippen LogP contribution in [0.5, 0.6) is 0 Å². The zero-order chi connectivity index (χ0) is 23.7. The molecule has 1 N–H and O–H groups in total. The van der Waals surface area contributed by atoms with Crippen LogP contribution in [0.1, 0.15) is 18.7 Å². The van der Waals surface area contributed by atoms with Crippen LogP contribution < -0.4 is 5.32 Å². The third-order valence-electron chi connectivity index (χ3n) is 6.14. The number of hydrogen-bond acceptors (Lipinski definition) is 6. The van der Waals surface area contributed by atoms with Crippen molar-refractivity contribution in [1.82, 2.24) is 14.4 Å². The van der Waals surface area contributed by atoms with E-state index in [1.165, 1.54) is 4.31 Å². The normalized spacial score (nSPS) is 15.4. The molecule has 0 aliphatic carbocycles. The summed E-state index contributed by atoms with van der Waals surface area (Å²) in [6.45, 7) is 2.29. The summed E-state index contributed by atoms with van der Waals surface area (Å²) in [4.78, 5) is 17.5. The molecule has 2 heterocycles. The molecule has 0 radical (unpaired) electrons. The van der Waals surface area contributed by atoms with Crippen molar-refractivity contribution in [2.24, 2.45) is 5.92 Å². The van der Waals surface area contributed by atoms with Gasteiger partial charge in [0.1, 0.15) is 0 Å². The average molecular weight is 477 g/mol. The fourth-order valence-corrected chi connectivity index (χ4v) is 5.77. The fourth-order valence-electron chi connectivity index (χ4n) is 4.27. The lowest BCUT2D eigenvalue weighted by molar-refractivity contribution is -0.120. The number of carbonyl (C=O) groups is 1. The molecule has 4 aromatic rings. The first kappa shape index (κ1) is 22.2. The van der Waals surface area contributed by atoms with Gasteiger partial charge in [0.15, 0.2) is 0 Å². The van der Waals surface area contributed by atoms with Crippen LogP contribution in [-0.2, 0) is 14.8 Å². The molecule has 8 nitrogen and oxygen atoms in total. The van der Waals surface area contributed by atoms with E-state index in [2.05, 4.69) is 15.5 Å². The number of hydrogen-bond donors (Lipinski definition) is 1. The third-order valence-corrected chi connectivity index (χ3v) is 8.03. The van der Waals surface area contributed by atoms with Gasteiger partial charge in [0.2, 0.25) is 27.6 Å². The van der Waals surface area contributed by atoms with Crippen LogP contribution in [0.15, 0.2) is 76.1 Å². The van der Waals surface area contributed by atoms with E-state index in [-0.39, 0.29) is 16.7 Å². The van der Waals surface area contributed by atoms with E-state index in [9.17, 15) is 13.2 Å². The number of aromatic nitrogens is 2. The highest BCUT2D eigenvalue weighted by atomic mass is 32.2. The maximum absolute atomic E-state index is 13.2. The lowest BCUT2D eigenvalue weighted by Crippen LogP contribution is -2.41. The number of nitrogens with one attached hydrogen (secondary N) is 1. The number of amides is 1. The maximum Gasteiger partial charge on any atom is 0.243 e. The molecule has 1 aromatic heterocycles. The molecular weight excluding hydrogens is 452 g/mol. The van der Waals surface area contributed by atoms with Gasteiger partial charge in [-0.2, -0.15) is 9.29 Å². The Kier molecular flexibility index (Phi) is 5.89. The Morgan fingerprint density at radius 1 is 1.00 bits per heavy atom. The molecule has 0 atom stereocenters. The minimum absolute atomic E-state index is 0.143. The van der Waals surface area contributed by atoms with Crippen LogP contribution in [-0.4, -0.2) is 41.9 Å². The molecule has 1 fully saturated rings. The van der Waals surface area contributed by atoms with Crippen molar-refractivity contribution in [2.45, 2.75) is 24.7 Å².